The van der Waals surface area contributed by atoms with E-state index in [-0.39, 0.29) is 17.3 Å². The minimum absolute atomic E-state index is 0.192. The molecule has 0 saturated carbocycles. The summed E-state index contributed by atoms with van der Waals surface area (Å²) >= 11 is 0. The van der Waals surface area contributed by atoms with Crippen LogP contribution in [0, 0.1) is 17.1 Å². The van der Waals surface area contributed by atoms with Gasteiger partial charge in [-0.05, 0) is 24.3 Å². The summed E-state index contributed by atoms with van der Waals surface area (Å²) in [5.74, 6) is -0.859. The summed E-state index contributed by atoms with van der Waals surface area (Å²) in [6, 6.07) is 10.8. The number of halogens is 1. The van der Waals surface area contributed by atoms with Crippen LogP contribution in [0.5, 0.6) is 0 Å². The van der Waals surface area contributed by atoms with E-state index < -0.39 is 5.82 Å². The normalized spacial score (nSPS) is 9.74. The van der Waals surface area contributed by atoms with Crippen molar-refractivity contribution >= 4 is 11.6 Å². The minimum Gasteiger partial charge on any atom is -0.309 e. The van der Waals surface area contributed by atoms with Crippen LogP contribution in [0.25, 0.3) is 0 Å². The Kier molecular flexibility index (Phi) is 3.53. The number of nitrogens with zero attached hydrogens (tertiary/aromatic N) is 3. The van der Waals surface area contributed by atoms with Crippen molar-refractivity contribution in [2.24, 2.45) is 0 Å². The molecule has 0 aliphatic rings. The lowest BCUT2D eigenvalue weighted by atomic mass is 10.2. The van der Waals surface area contributed by atoms with Crippen LogP contribution >= 0.6 is 0 Å². The largest absolute Gasteiger partial charge is 0.309 e. The van der Waals surface area contributed by atoms with Gasteiger partial charge in [0.2, 0.25) is 0 Å². The second-order valence-electron chi connectivity index (χ2n) is 3.86. The van der Waals surface area contributed by atoms with Gasteiger partial charge in [0.15, 0.2) is 0 Å². The number of rotatable bonds is 2. The fraction of sp³-hybridized carbons (Fsp3) is 0.0714. The molecule has 0 aliphatic heterocycles. The molecular weight excluding hydrogens is 245 g/mol. The molecule has 0 spiro atoms. The summed E-state index contributed by atoms with van der Waals surface area (Å²) in [6.07, 6.45) is 1.30. The zero-order chi connectivity index (χ0) is 13.8. The van der Waals surface area contributed by atoms with Gasteiger partial charge in [0, 0.05) is 13.2 Å². The third-order valence-electron chi connectivity index (χ3n) is 2.64. The number of hydrogen-bond acceptors (Lipinski definition) is 3. The van der Waals surface area contributed by atoms with Gasteiger partial charge in [0.05, 0.1) is 11.3 Å². The van der Waals surface area contributed by atoms with E-state index in [4.69, 9.17) is 5.26 Å². The third kappa shape index (κ3) is 2.58. The molecule has 0 unspecified atom stereocenters. The van der Waals surface area contributed by atoms with Gasteiger partial charge in [-0.3, -0.25) is 4.79 Å². The number of anilines is 1. The summed E-state index contributed by atoms with van der Waals surface area (Å²) in [5.41, 5.74) is 0.715. The molecule has 0 radical (unpaired) electrons. The lowest BCUT2D eigenvalue weighted by Crippen LogP contribution is -2.27. The Labute approximate surface area is 109 Å². The van der Waals surface area contributed by atoms with Crippen molar-refractivity contribution in [3.8, 4) is 6.07 Å². The highest BCUT2D eigenvalue weighted by Gasteiger charge is 2.16. The van der Waals surface area contributed by atoms with Gasteiger partial charge >= 0.3 is 0 Å². The number of nitriles is 1. The maximum Gasteiger partial charge on any atom is 0.259 e. The molecule has 0 aliphatic carbocycles. The van der Waals surface area contributed by atoms with Crippen LogP contribution in [0.15, 0.2) is 42.6 Å². The van der Waals surface area contributed by atoms with Gasteiger partial charge in [-0.25, -0.2) is 9.37 Å². The summed E-state index contributed by atoms with van der Waals surface area (Å²) in [7, 11) is 1.49. The second kappa shape index (κ2) is 5.27. The van der Waals surface area contributed by atoms with Crippen molar-refractivity contribution in [2.45, 2.75) is 0 Å². The molecule has 1 amide bonds. The molecule has 5 heteroatoms. The number of pyridine rings is 1. The standard InChI is InChI=1S/C14H10FN3O/c1-18(13-5-3-2-4-12(13)15)14(19)10-6-7-11(8-16)17-9-10/h2-7,9H,1H3. The zero-order valence-corrected chi connectivity index (χ0v) is 10.2. The van der Waals surface area contributed by atoms with Crippen LogP contribution in [0.4, 0.5) is 10.1 Å². The van der Waals surface area contributed by atoms with E-state index in [1.165, 1.54) is 42.4 Å². The Morgan fingerprint density at radius 3 is 2.63 bits per heavy atom. The van der Waals surface area contributed by atoms with E-state index in [2.05, 4.69) is 4.98 Å². The molecule has 0 saturated heterocycles. The molecular formula is C14H10FN3O. The first kappa shape index (κ1) is 12.7. The Hall–Kier alpha value is -2.74. The number of carbonyl (C=O) groups is 1. The van der Waals surface area contributed by atoms with Gasteiger partial charge in [0.25, 0.3) is 5.91 Å². The number of hydrogen-bond donors (Lipinski definition) is 0. The lowest BCUT2D eigenvalue weighted by molar-refractivity contribution is 0.0992. The van der Waals surface area contributed by atoms with E-state index in [0.29, 0.717) is 5.56 Å². The van der Waals surface area contributed by atoms with Crippen LogP contribution in [0.1, 0.15) is 16.1 Å². The first-order chi connectivity index (χ1) is 9.13. The fourth-order valence-electron chi connectivity index (χ4n) is 1.61. The average Bonchev–Trinajstić information content (AvgIpc) is 2.46. The molecule has 1 aromatic carbocycles. The van der Waals surface area contributed by atoms with Crippen molar-refractivity contribution in [3.05, 3.63) is 59.7 Å². The Morgan fingerprint density at radius 2 is 2.05 bits per heavy atom. The number of benzene rings is 1. The third-order valence-corrected chi connectivity index (χ3v) is 2.64. The van der Waals surface area contributed by atoms with Gasteiger partial charge in [-0.1, -0.05) is 12.1 Å². The fourth-order valence-corrected chi connectivity index (χ4v) is 1.61. The topological polar surface area (TPSA) is 57.0 Å². The molecule has 0 fully saturated rings. The Bertz CT molecular complexity index is 646. The predicted molar refractivity (Wildman–Crippen MR) is 68.1 cm³/mol. The highest BCUT2D eigenvalue weighted by molar-refractivity contribution is 6.05. The second-order valence-corrected chi connectivity index (χ2v) is 3.86. The van der Waals surface area contributed by atoms with Gasteiger partial charge in [-0.15, -0.1) is 0 Å². The van der Waals surface area contributed by atoms with Crippen LogP contribution in [-0.4, -0.2) is 17.9 Å². The summed E-state index contributed by atoms with van der Waals surface area (Å²) < 4.78 is 13.6. The highest BCUT2D eigenvalue weighted by atomic mass is 19.1. The van der Waals surface area contributed by atoms with Gasteiger partial charge in [0.1, 0.15) is 17.6 Å². The molecule has 0 N–H and O–H groups in total. The molecule has 94 valence electrons. The smallest absolute Gasteiger partial charge is 0.259 e. The first-order valence-corrected chi connectivity index (χ1v) is 5.52. The molecule has 0 atom stereocenters. The minimum atomic E-state index is -0.472. The highest BCUT2D eigenvalue weighted by Crippen LogP contribution is 2.19. The molecule has 19 heavy (non-hydrogen) atoms. The monoisotopic (exact) mass is 255 g/mol. The van der Waals surface area contributed by atoms with Crippen LogP contribution in [-0.2, 0) is 0 Å². The lowest BCUT2D eigenvalue weighted by Gasteiger charge is -2.17. The number of aromatic nitrogens is 1. The van der Waals surface area contributed by atoms with E-state index in [1.807, 2.05) is 6.07 Å². The maximum absolute atomic E-state index is 13.6. The van der Waals surface area contributed by atoms with Crippen molar-refractivity contribution in [2.75, 3.05) is 11.9 Å². The number of carbonyl (C=O) groups excluding carboxylic acids is 1. The van der Waals surface area contributed by atoms with Crippen LogP contribution < -0.4 is 4.90 Å². The Balaban J connectivity index is 2.29. The van der Waals surface area contributed by atoms with Crippen LogP contribution in [0.3, 0.4) is 0 Å². The molecule has 0 bridgehead atoms. The van der Waals surface area contributed by atoms with Crippen LogP contribution in [0.2, 0.25) is 0 Å². The number of para-hydroxylation sites is 1. The van der Waals surface area contributed by atoms with E-state index >= 15 is 0 Å². The van der Waals surface area contributed by atoms with Gasteiger partial charge in [-0.2, -0.15) is 5.26 Å². The molecule has 2 aromatic rings. The van der Waals surface area contributed by atoms with Crippen molar-refractivity contribution in [1.82, 2.24) is 4.98 Å². The van der Waals surface area contributed by atoms with E-state index in [0.717, 1.165) is 0 Å². The van der Waals surface area contributed by atoms with Crippen molar-refractivity contribution in [3.63, 3.8) is 0 Å². The molecule has 1 aromatic heterocycles. The van der Waals surface area contributed by atoms with E-state index in [9.17, 15) is 9.18 Å². The Morgan fingerprint density at radius 1 is 1.32 bits per heavy atom. The molecule has 4 nitrogen and oxygen atoms in total. The predicted octanol–water partition coefficient (Wildman–Crippen LogP) is 2.37. The molecule has 1 heterocycles. The zero-order valence-electron chi connectivity index (χ0n) is 10.2. The van der Waals surface area contributed by atoms with E-state index in [1.54, 1.807) is 12.1 Å². The van der Waals surface area contributed by atoms with Crippen molar-refractivity contribution in [1.29, 1.82) is 5.26 Å². The summed E-state index contributed by atoms with van der Waals surface area (Å²) in [6.45, 7) is 0. The average molecular weight is 255 g/mol. The van der Waals surface area contributed by atoms with Crippen molar-refractivity contribution < 1.29 is 9.18 Å². The SMILES string of the molecule is CN(C(=O)c1ccc(C#N)nc1)c1ccccc1F. The summed E-state index contributed by atoms with van der Waals surface area (Å²) in [5, 5.41) is 8.63. The number of amides is 1. The van der Waals surface area contributed by atoms with Gasteiger partial charge < -0.3 is 4.90 Å². The molecule has 2 rings (SSSR count). The quantitative estimate of drug-likeness (QED) is 0.827. The summed E-state index contributed by atoms with van der Waals surface area (Å²) in [4.78, 5) is 17.2. The maximum atomic E-state index is 13.6. The first-order valence-electron chi connectivity index (χ1n) is 5.52.